The fourth-order valence-electron chi connectivity index (χ4n) is 11.9. The number of carboxylic acid groups (broad SMARTS) is 1. The number of hydrogen-bond donors (Lipinski definition) is 2. The van der Waals surface area contributed by atoms with E-state index in [0.29, 0.717) is 23.2 Å². The van der Waals surface area contributed by atoms with Gasteiger partial charge in [0.15, 0.2) is 17.0 Å². The Kier molecular flexibility index (Phi) is 13.5. The van der Waals surface area contributed by atoms with Crippen molar-refractivity contribution in [2.75, 3.05) is 81.9 Å². The minimum Gasteiger partial charge on any atom is -0.477 e. The second-order valence-electron chi connectivity index (χ2n) is 20.7. The Bertz CT molecular complexity index is 2740. The molecule has 6 aromatic rings. The Hall–Kier alpha value is -5.70. The number of carbonyl (C=O) groups is 2. The molecule has 362 valence electrons. The smallest absolute Gasteiger partial charge is 0.354 e. The minimum absolute atomic E-state index is 0.0962. The molecule has 0 amide bonds. The Morgan fingerprint density at radius 2 is 0.928 bits per heavy atom. The van der Waals surface area contributed by atoms with Crippen LogP contribution in [0.4, 0.5) is 11.4 Å². The summed E-state index contributed by atoms with van der Waals surface area (Å²) in [6.07, 6.45) is 17.0. The zero-order valence-electron chi connectivity index (χ0n) is 40.1. The molecule has 0 unspecified atom stereocenters. The van der Waals surface area contributed by atoms with Crippen LogP contribution in [-0.2, 0) is 0 Å². The van der Waals surface area contributed by atoms with Crippen LogP contribution in [0, 0.1) is 11.8 Å². The molecular weight excluding hydrogens is 865 g/mol. The van der Waals surface area contributed by atoms with Gasteiger partial charge in [0.1, 0.15) is 12.3 Å². The van der Waals surface area contributed by atoms with Crippen LogP contribution in [0.1, 0.15) is 134 Å². The van der Waals surface area contributed by atoms with Crippen LogP contribution >= 0.6 is 0 Å². The molecule has 2 saturated carbocycles. The normalized spacial score (nSPS) is 20.1. The summed E-state index contributed by atoms with van der Waals surface area (Å²) in [5.41, 5.74) is 7.95. The molecule has 69 heavy (non-hydrogen) atoms. The highest BCUT2D eigenvalue weighted by Crippen LogP contribution is 2.45. The molecule has 2 aliphatic carbocycles. The van der Waals surface area contributed by atoms with E-state index in [1.54, 1.807) is 6.07 Å². The van der Waals surface area contributed by atoms with Gasteiger partial charge in [0, 0.05) is 51.1 Å². The first-order valence-corrected chi connectivity index (χ1v) is 26.2. The first kappa shape index (κ1) is 45.7. The highest BCUT2D eigenvalue weighted by Gasteiger charge is 2.34. The van der Waals surface area contributed by atoms with E-state index in [9.17, 15) is 19.8 Å². The van der Waals surface area contributed by atoms with Crippen LogP contribution in [0.2, 0.25) is 0 Å². The molecule has 14 heteroatoms. The van der Waals surface area contributed by atoms with E-state index in [-0.39, 0.29) is 11.5 Å². The lowest BCUT2D eigenvalue weighted by molar-refractivity contribution is 0.0690. The average Bonchev–Trinajstić information content (AvgIpc) is 4.20. The van der Waals surface area contributed by atoms with E-state index in [1.807, 2.05) is 76.1 Å². The van der Waals surface area contributed by atoms with Crippen molar-refractivity contribution in [1.29, 1.82) is 0 Å². The van der Waals surface area contributed by atoms with E-state index in [4.69, 9.17) is 15.2 Å². The number of aromatic nitrogens is 6. The minimum atomic E-state index is -0.988. The fraction of sp³-hybridized carbons (Fsp3) is 0.527. The lowest BCUT2D eigenvalue weighted by atomic mass is 9.81. The number of anilines is 2. The van der Waals surface area contributed by atoms with Crippen molar-refractivity contribution in [2.45, 2.75) is 102 Å². The number of aliphatic hydroxyl groups excluding tert-OH is 1. The molecule has 4 aromatic heterocycles. The molecule has 6 fully saturated rings. The Labute approximate surface area is 405 Å². The van der Waals surface area contributed by atoms with Crippen LogP contribution in [0.5, 0.6) is 0 Å². The maximum atomic E-state index is 12.6. The number of benzene rings is 2. The number of para-hydroxylation sites is 2. The third-order valence-corrected chi connectivity index (χ3v) is 16.3. The average molecular weight is 933 g/mol. The van der Waals surface area contributed by atoms with Crippen molar-refractivity contribution < 1.29 is 19.8 Å². The van der Waals surface area contributed by atoms with Gasteiger partial charge in [0.05, 0.1) is 44.9 Å². The van der Waals surface area contributed by atoms with Gasteiger partial charge >= 0.3 is 5.97 Å². The van der Waals surface area contributed by atoms with Gasteiger partial charge in [-0.25, -0.2) is 24.1 Å². The van der Waals surface area contributed by atoms with Gasteiger partial charge in [0.25, 0.3) is 0 Å². The Morgan fingerprint density at radius 1 is 0.522 bits per heavy atom. The van der Waals surface area contributed by atoms with Crippen LogP contribution in [0.3, 0.4) is 0 Å². The van der Waals surface area contributed by atoms with Crippen molar-refractivity contribution in [2.24, 2.45) is 11.8 Å². The number of rotatable bonds is 13. The number of nitrogens with zero attached hydrogens (tertiary/aromatic N) is 10. The topological polar surface area (TPSA) is 149 Å². The number of carboxylic acids is 1. The molecular formula is C55H68N10O4. The van der Waals surface area contributed by atoms with E-state index in [1.165, 1.54) is 77.8 Å². The summed E-state index contributed by atoms with van der Waals surface area (Å²) in [7, 11) is 0. The summed E-state index contributed by atoms with van der Waals surface area (Å²) in [5.74, 6) is 0.995. The lowest BCUT2D eigenvalue weighted by Gasteiger charge is -2.36. The second kappa shape index (κ2) is 20.3. The maximum absolute atomic E-state index is 12.6. The van der Waals surface area contributed by atoms with E-state index in [2.05, 4.69) is 24.6 Å². The summed E-state index contributed by atoms with van der Waals surface area (Å²) < 4.78 is 3.76. The number of aromatic carboxylic acids is 1. The monoisotopic (exact) mass is 933 g/mol. The van der Waals surface area contributed by atoms with Gasteiger partial charge in [0.2, 0.25) is 5.78 Å². The molecule has 4 aliphatic heterocycles. The number of fused-ring (bicyclic) bond motifs is 2. The predicted octanol–water partition coefficient (Wildman–Crippen LogP) is 8.87. The van der Waals surface area contributed by atoms with Crippen LogP contribution in [-0.4, -0.2) is 133 Å². The quantitative estimate of drug-likeness (QED) is 0.107. The van der Waals surface area contributed by atoms with Gasteiger partial charge < -0.3 is 29.8 Å². The van der Waals surface area contributed by atoms with E-state index in [0.717, 1.165) is 140 Å². The predicted molar refractivity (Wildman–Crippen MR) is 271 cm³/mol. The molecule has 4 saturated heterocycles. The van der Waals surface area contributed by atoms with Gasteiger partial charge in [-0.2, -0.15) is 10.2 Å². The van der Waals surface area contributed by atoms with E-state index >= 15 is 0 Å². The summed E-state index contributed by atoms with van der Waals surface area (Å²) in [6.45, 7) is 10.7. The maximum Gasteiger partial charge on any atom is 0.354 e. The fourth-order valence-corrected chi connectivity index (χ4v) is 11.9. The number of pyridine rings is 2. The molecule has 0 bridgehead atoms. The molecule has 14 nitrogen and oxygen atoms in total. The highest BCUT2D eigenvalue weighted by molar-refractivity contribution is 6.02. The standard InChI is InChI=1S/C28H35N5O2.C27H33N5O2/c34-19-25(35)23-17-24(32-15-11-20(12-16-32)18-31-13-4-5-14-31)26-27(21-7-6-8-21)30-33(28(26)29-23)22-9-2-1-3-10-22;33-27(34)22-17-23(31-15-11-19(12-16-31)18-30-13-4-5-14-30)24-25(20-7-6-8-20)29-32(26(24)28-22)21-9-2-1-3-10-21/h1-3,9-10,17,20-21,34H,4-8,11-16,18-19H2;1-3,9-10,17,19-20H,4-8,11-16,18H2,(H,33,34). The molecule has 8 heterocycles. The molecule has 2 N–H and O–H groups in total. The largest absolute Gasteiger partial charge is 0.477 e. The van der Waals surface area contributed by atoms with Crippen molar-refractivity contribution in [3.8, 4) is 11.4 Å². The second-order valence-corrected chi connectivity index (χ2v) is 20.7. The molecule has 2 aromatic carbocycles. The lowest BCUT2D eigenvalue weighted by Crippen LogP contribution is -2.38. The van der Waals surface area contributed by atoms with Gasteiger partial charge in [-0.05, 0) is 151 Å². The number of Topliss-reactive ketones (excluding diaryl/α,β-unsaturated/α-hetero) is 1. The number of ketones is 1. The highest BCUT2D eigenvalue weighted by atomic mass is 16.4. The SMILES string of the molecule is O=C(CO)c1cc(N2CCC(CN3CCCC3)CC2)c2c(C3CCC3)nn(-c3ccccc3)c2n1.O=C(O)c1cc(N2CCC(CN3CCCC3)CC2)c2c(C3CCC3)nn(-c3ccccc3)c2n1. The van der Waals surface area contributed by atoms with Gasteiger partial charge in [-0.3, -0.25) is 4.79 Å². The first-order valence-electron chi connectivity index (χ1n) is 26.2. The number of piperidine rings is 2. The van der Waals surface area contributed by atoms with Crippen molar-refractivity contribution in [1.82, 2.24) is 39.3 Å². The number of aliphatic hydroxyl groups is 1. The van der Waals surface area contributed by atoms with Crippen LogP contribution < -0.4 is 9.80 Å². The third-order valence-electron chi connectivity index (χ3n) is 16.3. The number of hydrogen-bond acceptors (Lipinski definition) is 11. The summed E-state index contributed by atoms with van der Waals surface area (Å²) in [6, 6.07) is 23.7. The van der Waals surface area contributed by atoms with Gasteiger partial charge in [-0.15, -0.1) is 0 Å². The summed E-state index contributed by atoms with van der Waals surface area (Å²) >= 11 is 0. The van der Waals surface area contributed by atoms with Crippen LogP contribution in [0.15, 0.2) is 72.8 Å². The van der Waals surface area contributed by atoms with E-state index < -0.39 is 12.6 Å². The number of carbonyl (C=O) groups excluding carboxylic acids is 1. The Balaban J connectivity index is 0.000000151. The van der Waals surface area contributed by atoms with Crippen LogP contribution in [0.25, 0.3) is 33.4 Å². The van der Waals surface area contributed by atoms with Crippen molar-refractivity contribution in [3.05, 3.63) is 95.6 Å². The zero-order chi connectivity index (χ0) is 46.8. The number of likely N-dealkylation sites (tertiary alicyclic amines) is 2. The first-order chi connectivity index (χ1) is 33.9. The third kappa shape index (κ3) is 9.51. The summed E-state index contributed by atoms with van der Waals surface area (Å²) in [5, 5.41) is 31.8. The van der Waals surface area contributed by atoms with Gasteiger partial charge in [-0.1, -0.05) is 49.2 Å². The Morgan fingerprint density at radius 3 is 1.30 bits per heavy atom. The molecule has 6 aliphatic rings. The molecule has 0 atom stereocenters. The van der Waals surface area contributed by atoms with Crippen molar-refractivity contribution in [3.63, 3.8) is 0 Å². The van der Waals surface area contributed by atoms with Crippen molar-refractivity contribution >= 4 is 45.2 Å². The zero-order valence-corrected chi connectivity index (χ0v) is 40.1. The molecule has 0 spiro atoms. The summed E-state index contributed by atoms with van der Waals surface area (Å²) in [4.78, 5) is 44.2. The molecule has 12 rings (SSSR count). The molecule has 0 radical (unpaired) electrons.